The van der Waals surface area contributed by atoms with Crippen molar-refractivity contribution in [3.8, 4) is 0 Å². The summed E-state index contributed by atoms with van der Waals surface area (Å²) in [4.78, 5) is 15.8. The zero-order valence-corrected chi connectivity index (χ0v) is 8.68. The van der Waals surface area contributed by atoms with Crippen LogP contribution < -0.4 is 11.1 Å². The lowest BCUT2D eigenvalue weighted by atomic mass is 10.2. The van der Waals surface area contributed by atoms with Crippen LogP contribution in [0.5, 0.6) is 0 Å². The van der Waals surface area contributed by atoms with Crippen LogP contribution in [0.4, 0.5) is 0 Å². The minimum absolute atomic E-state index is 0.0103. The summed E-state index contributed by atoms with van der Waals surface area (Å²) >= 11 is 0. The van der Waals surface area contributed by atoms with E-state index in [0.717, 1.165) is 12.1 Å². The fourth-order valence-corrected chi connectivity index (χ4v) is 1.54. The standard InChI is InChI=1S/C11H15N3O/c1-7(10-4-2-3-5-13-10)14-11(15)8-6-9(8)12/h2-5,7-9H,6,12H2,1H3,(H,14,15). The van der Waals surface area contributed by atoms with Gasteiger partial charge in [-0.15, -0.1) is 0 Å². The van der Waals surface area contributed by atoms with E-state index in [0.29, 0.717) is 0 Å². The van der Waals surface area contributed by atoms with Crippen LogP contribution in [0.3, 0.4) is 0 Å². The summed E-state index contributed by atoms with van der Waals surface area (Å²) in [6, 6.07) is 5.67. The Morgan fingerprint density at radius 2 is 2.40 bits per heavy atom. The normalized spacial score (nSPS) is 25.7. The van der Waals surface area contributed by atoms with Crippen LogP contribution in [0.25, 0.3) is 0 Å². The smallest absolute Gasteiger partial charge is 0.225 e. The van der Waals surface area contributed by atoms with E-state index in [1.54, 1.807) is 6.20 Å². The fourth-order valence-electron chi connectivity index (χ4n) is 1.54. The molecule has 3 unspecified atom stereocenters. The average Bonchev–Trinajstić information content (AvgIpc) is 2.97. The van der Waals surface area contributed by atoms with Crippen LogP contribution in [0.1, 0.15) is 25.1 Å². The van der Waals surface area contributed by atoms with E-state index in [1.165, 1.54) is 0 Å². The minimum Gasteiger partial charge on any atom is -0.348 e. The molecule has 1 aliphatic rings. The number of hydrogen-bond donors (Lipinski definition) is 2. The van der Waals surface area contributed by atoms with Crippen LogP contribution in [0.15, 0.2) is 24.4 Å². The second-order valence-electron chi connectivity index (χ2n) is 3.99. The number of rotatable bonds is 3. The average molecular weight is 205 g/mol. The summed E-state index contributed by atoms with van der Waals surface area (Å²) < 4.78 is 0. The third-order valence-electron chi connectivity index (χ3n) is 2.67. The molecular weight excluding hydrogens is 190 g/mol. The quantitative estimate of drug-likeness (QED) is 0.759. The molecule has 0 aliphatic heterocycles. The number of amides is 1. The monoisotopic (exact) mass is 205 g/mol. The third-order valence-corrected chi connectivity index (χ3v) is 2.67. The molecule has 0 bridgehead atoms. The largest absolute Gasteiger partial charge is 0.348 e. The topological polar surface area (TPSA) is 68.0 Å². The second-order valence-corrected chi connectivity index (χ2v) is 3.99. The van der Waals surface area contributed by atoms with Gasteiger partial charge in [0, 0.05) is 12.2 Å². The Bertz CT molecular complexity index is 352. The molecule has 1 heterocycles. The summed E-state index contributed by atoms with van der Waals surface area (Å²) in [5, 5.41) is 2.91. The summed E-state index contributed by atoms with van der Waals surface area (Å²) in [5.41, 5.74) is 6.48. The van der Waals surface area contributed by atoms with Gasteiger partial charge in [-0.2, -0.15) is 0 Å². The minimum atomic E-state index is -0.0495. The Morgan fingerprint density at radius 1 is 1.67 bits per heavy atom. The number of carbonyl (C=O) groups is 1. The van der Waals surface area contributed by atoms with Crippen molar-refractivity contribution in [3.05, 3.63) is 30.1 Å². The van der Waals surface area contributed by atoms with Crippen LogP contribution in [-0.4, -0.2) is 16.9 Å². The fraction of sp³-hybridized carbons (Fsp3) is 0.455. The van der Waals surface area contributed by atoms with Gasteiger partial charge in [-0.1, -0.05) is 6.07 Å². The van der Waals surface area contributed by atoms with Crippen molar-refractivity contribution in [1.82, 2.24) is 10.3 Å². The molecule has 1 aliphatic carbocycles. The number of hydrogen-bond acceptors (Lipinski definition) is 3. The molecule has 2 rings (SSSR count). The molecule has 1 aromatic heterocycles. The van der Waals surface area contributed by atoms with E-state index >= 15 is 0 Å². The van der Waals surface area contributed by atoms with Gasteiger partial charge in [-0.05, 0) is 25.5 Å². The van der Waals surface area contributed by atoms with Gasteiger partial charge in [0.15, 0.2) is 0 Å². The number of nitrogens with two attached hydrogens (primary N) is 1. The molecule has 4 nitrogen and oxygen atoms in total. The van der Waals surface area contributed by atoms with Gasteiger partial charge in [-0.25, -0.2) is 0 Å². The van der Waals surface area contributed by atoms with E-state index < -0.39 is 0 Å². The number of pyridine rings is 1. The van der Waals surface area contributed by atoms with Gasteiger partial charge in [0.25, 0.3) is 0 Å². The highest BCUT2D eigenvalue weighted by atomic mass is 16.2. The Morgan fingerprint density at radius 3 is 2.93 bits per heavy atom. The number of nitrogens with zero attached hydrogens (tertiary/aromatic N) is 1. The first-order valence-corrected chi connectivity index (χ1v) is 5.15. The van der Waals surface area contributed by atoms with Crippen LogP contribution >= 0.6 is 0 Å². The van der Waals surface area contributed by atoms with Crippen molar-refractivity contribution >= 4 is 5.91 Å². The van der Waals surface area contributed by atoms with Crippen LogP contribution in [0.2, 0.25) is 0 Å². The molecule has 4 heteroatoms. The Kier molecular flexibility index (Phi) is 2.68. The number of aromatic nitrogens is 1. The van der Waals surface area contributed by atoms with Crippen molar-refractivity contribution in [2.75, 3.05) is 0 Å². The van der Waals surface area contributed by atoms with Gasteiger partial charge in [0.05, 0.1) is 17.7 Å². The van der Waals surface area contributed by atoms with Gasteiger partial charge in [-0.3, -0.25) is 9.78 Å². The molecule has 0 spiro atoms. The van der Waals surface area contributed by atoms with E-state index in [4.69, 9.17) is 5.73 Å². The predicted molar refractivity (Wildman–Crippen MR) is 56.9 cm³/mol. The van der Waals surface area contributed by atoms with E-state index in [1.807, 2.05) is 25.1 Å². The highest BCUT2D eigenvalue weighted by Crippen LogP contribution is 2.28. The lowest BCUT2D eigenvalue weighted by Crippen LogP contribution is -2.30. The van der Waals surface area contributed by atoms with Crippen molar-refractivity contribution < 1.29 is 4.79 Å². The lowest BCUT2D eigenvalue weighted by molar-refractivity contribution is -0.123. The molecule has 15 heavy (non-hydrogen) atoms. The molecular formula is C11H15N3O. The predicted octanol–water partition coefficient (Wildman–Crippen LogP) is 0.606. The maximum Gasteiger partial charge on any atom is 0.225 e. The zero-order valence-electron chi connectivity index (χ0n) is 8.68. The molecule has 3 atom stereocenters. The van der Waals surface area contributed by atoms with Gasteiger partial charge in [0.2, 0.25) is 5.91 Å². The van der Waals surface area contributed by atoms with Gasteiger partial charge < -0.3 is 11.1 Å². The number of nitrogens with one attached hydrogen (secondary N) is 1. The molecule has 0 aromatic carbocycles. The lowest BCUT2D eigenvalue weighted by Gasteiger charge is -2.12. The Hall–Kier alpha value is -1.42. The molecule has 1 amide bonds. The maximum atomic E-state index is 11.6. The van der Waals surface area contributed by atoms with E-state index in [-0.39, 0.29) is 23.9 Å². The molecule has 80 valence electrons. The van der Waals surface area contributed by atoms with Gasteiger partial charge in [0.1, 0.15) is 0 Å². The van der Waals surface area contributed by atoms with Crippen molar-refractivity contribution in [3.63, 3.8) is 0 Å². The first kappa shape index (κ1) is 10.1. The summed E-state index contributed by atoms with van der Waals surface area (Å²) in [6.07, 6.45) is 2.53. The highest BCUT2D eigenvalue weighted by Gasteiger charge is 2.40. The van der Waals surface area contributed by atoms with Crippen molar-refractivity contribution in [1.29, 1.82) is 0 Å². The zero-order chi connectivity index (χ0) is 10.8. The number of carbonyl (C=O) groups excluding carboxylic acids is 1. The molecule has 1 fully saturated rings. The molecule has 0 saturated heterocycles. The molecule has 3 N–H and O–H groups in total. The van der Waals surface area contributed by atoms with Crippen molar-refractivity contribution in [2.24, 2.45) is 11.7 Å². The third kappa shape index (κ3) is 2.33. The van der Waals surface area contributed by atoms with Gasteiger partial charge >= 0.3 is 0 Å². The van der Waals surface area contributed by atoms with Crippen LogP contribution in [-0.2, 0) is 4.79 Å². The summed E-state index contributed by atoms with van der Waals surface area (Å²) in [5.74, 6) is 0.0526. The molecule has 0 radical (unpaired) electrons. The maximum absolute atomic E-state index is 11.6. The first-order valence-electron chi connectivity index (χ1n) is 5.15. The Balaban J connectivity index is 1.92. The molecule has 1 saturated carbocycles. The first-order chi connectivity index (χ1) is 7.18. The summed E-state index contributed by atoms with van der Waals surface area (Å²) in [6.45, 7) is 1.92. The van der Waals surface area contributed by atoms with E-state index in [9.17, 15) is 4.79 Å². The van der Waals surface area contributed by atoms with E-state index in [2.05, 4.69) is 10.3 Å². The van der Waals surface area contributed by atoms with Crippen molar-refractivity contribution in [2.45, 2.75) is 25.4 Å². The summed E-state index contributed by atoms with van der Waals surface area (Å²) in [7, 11) is 0. The SMILES string of the molecule is CC(NC(=O)C1CC1N)c1ccccn1. The molecule has 1 aromatic rings. The Labute approximate surface area is 88.9 Å². The highest BCUT2D eigenvalue weighted by molar-refractivity contribution is 5.82. The van der Waals surface area contributed by atoms with Crippen LogP contribution in [0, 0.1) is 5.92 Å². The second kappa shape index (κ2) is 3.98.